The molecule has 0 bridgehead atoms. The van der Waals surface area contributed by atoms with Crippen LogP contribution in [0.3, 0.4) is 0 Å². The molecule has 0 heterocycles. The fraction of sp³-hybridized carbons (Fsp3) is 0.400. The lowest BCUT2D eigenvalue weighted by Crippen LogP contribution is -2.26. The van der Waals surface area contributed by atoms with Crippen LogP contribution in [0.15, 0.2) is 30.9 Å². The summed E-state index contributed by atoms with van der Waals surface area (Å²) in [4.78, 5) is 14.0. The van der Waals surface area contributed by atoms with Crippen LogP contribution in [0.4, 0.5) is 5.69 Å². The molecule has 1 rings (SSSR count). The molecule has 0 radical (unpaired) electrons. The van der Waals surface area contributed by atoms with Crippen molar-refractivity contribution in [3.63, 3.8) is 0 Å². The largest absolute Gasteiger partial charge is 0.496 e. The molecule has 0 fully saturated rings. The average molecular weight is 247 g/mol. The first-order valence-corrected chi connectivity index (χ1v) is 6.19. The zero-order valence-electron chi connectivity index (χ0n) is 11.4. The number of rotatable bonds is 7. The van der Waals surface area contributed by atoms with Crippen molar-refractivity contribution in [2.24, 2.45) is 0 Å². The first-order valence-electron chi connectivity index (χ1n) is 6.19. The van der Waals surface area contributed by atoms with Gasteiger partial charge in [0.15, 0.2) is 5.78 Å². The number of nitrogens with zero attached hydrogens (tertiary/aromatic N) is 1. The zero-order chi connectivity index (χ0) is 13.5. The second-order valence-electron chi connectivity index (χ2n) is 4.15. The van der Waals surface area contributed by atoms with Gasteiger partial charge in [0, 0.05) is 13.1 Å². The Labute approximate surface area is 109 Å². The standard InChI is InChI=1S/C15H21NO2/c1-5-10-16(11-6-2)13-8-7-9-14(18-4)15(13)12(3)17/h5,7-9H,1,6,10-11H2,2-4H3. The molecule has 0 saturated carbocycles. The van der Waals surface area contributed by atoms with E-state index < -0.39 is 0 Å². The number of hydrogen-bond acceptors (Lipinski definition) is 3. The highest BCUT2D eigenvalue weighted by Gasteiger charge is 2.17. The number of hydrogen-bond donors (Lipinski definition) is 0. The number of ketones is 1. The van der Waals surface area contributed by atoms with E-state index in [0.717, 1.165) is 25.2 Å². The van der Waals surface area contributed by atoms with E-state index in [4.69, 9.17) is 4.74 Å². The summed E-state index contributed by atoms with van der Waals surface area (Å²) in [5.41, 5.74) is 1.57. The van der Waals surface area contributed by atoms with Crippen molar-refractivity contribution in [2.75, 3.05) is 25.1 Å². The molecule has 1 aromatic rings. The van der Waals surface area contributed by atoms with Crippen LogP contribution in [0.2, 0.25) is 0 Å². The smallest absolute Gasteiger partial charge is 0.165 e. The van der Waals surface area contributed by atoms with Gasteiger partial charge in [-0.1, -0.05) is 19.1 Å². The molecule has 0 saturated heterocycles. The lowest BCUT2D eigenvalue weighted by Gasteiger charge is -2.25. The molecule has 0 spiro atoms. The van der Waals surface area contributed by atoms with Crippen molar-refractivity contribution >= 4 is 11.5 Å². The summed E-state index contributed by atoms with van der Waals surface area (Å²) in [6.45, 7) is 9.06. The van der Waals surface area contributed by atoms with Gasteiger partial charge in [-0.05, 0) is 25.5 Å². The Morgan fingerprint density at radius 3 is 2.72 bits per heavy atom. The first kappa shape index (κ1) is 14.3. The van der Waals surface area contributed by atoms with Crippen molar-refractivity contribution in [1.82, 2.24) is 0 Å². The highest BCUT2D eigenvalue weighted by Crippen LogP contribution is 2.30. The Hall–Kier alpha value is -1.77. The number of anilines is 1. The second kappa shape index (κ2) is 6.84. The minimum absolute atomic E-state index is 0.0209. The van der Waals surface area contributed by atoms with Crippen LogP contribution in [0.25, 0.3) is 0 Å². The van der Waals surface area contributed by atoms with Crippen molar-refractivity contribution in [3.8, 4) is 5.75 Å². The first-order chi connectivity index (χ1) is 8.65. The molecule has 0 unspecified atom stereocenters. The number of ether oxygens (including phenoxy) is 1. The summed E-state index contributed by atoms with van der Waals surface area (Å²) >= 11 is 0. The van der Waals surface area contributed by atoms with E-state index in [-0.39, 0.29) is 5.78 Å². The highest BCUT2D eigenvalue weighted by molar-refractivity contribution is 6.02. The van der Waals surface area contributed by atoms with Gasteiger partial charge in [0.2, 0.25) is 0 Å². The Morgan fingerprint density at radius 2 is 2.22 bits per heavy atom. The summed E-state index contributed by atoms with van der Waals surface area (Å²) < 4.78 is 5.28. The fourth-order valence-corrected chi connectivity index (χ4v) is 2.04. The number of Topliss-reactive ketones (excluding diaryl/α,β-unsaturated/α-hetero) is 1. The molecule has 3 heteroatoms. The van der Waals surface area contributed by atoms with Crippen LogP contribution in [-0.2, 0) is 0 Å². The molecule has 0 N–H and O–H groups in total. The van der Waals surface area contributed by atoms with Gasteiger partial charge in [-0.25, -0.2) is 0 Å². The Morgan fingerprint density at radius 1 is 1.50 bits per heavy atom. The van der Waals surface area contributed by atoms with E-state index in [1.54, 1.807) is 14.0 Å². The SMILES string of the molecule is C=CCN(CCC)c1cccc(OC)c1C(C)=O. The van der Waals surface area contributed by atoms with E-state index in [1.807, 2.05) is 24.3 Å². The minimum Gasteiger partial charge on any atom is -0.496 e. The van der Waals surface area contributed by atoms with E-state index in [2.05, 4.69) is 18.4 Å². The van der Waals surface area contributed by atoms with Crippen molar-refractivity contribution in [3.05, 3.63) is 36.4 Å². The van der Waals surface area contributed by atoms with Gasteiger partial charge in [0.05, 0.1) is 18.4 Å². The summed E-state index contributed by atoms with van der Waals surface area (Å²) in [7, 11) is 1.59. The molecule has 0 aliphatic carbocycles. The lowest BCUT2D eigenvalue weighted by atomic mass is 10.1. The van der Waals surface area contributed by atoms with E-state index in [0.29, 0.717) is 11.3 Å². The molecule has 0 aliphatic rings. The maximum absolute atomic E-state index is 11.8. The predicted molar refractivity (Wildman–Crippen MR) is 75.7 cm³/mol. The molecule has 1 aromatic carbocycles. The molecular weight excluding hydrogens is 226 g/mol. The van der Waals surface area contributed by atoms with Gasteiger partial charge in [-0.15, -0.1) is 6.58 Å². The molecule has 18 heavy (non-hydrogen) atoms. The third-order valence-electron chi connectivity index (χ3n) is 2.76. The Bertz CT molecular complexity index is 427. The molecule has 98 valence electrons. The van der Waals surface area contributed by atoms with E-state index in [9.17, 15) is 4.79 Å². The van der Waals surface area contributed by atoms with Gasteiger partial charge in [0.1, 0.15) is 5.75 Å². The topological polar surface area (TPSA) is 29.5 Å². The molecule has 0 aliphatic heterocycles. The average Bonchev–Trinajstić information content (AvgIpc) is 2.37. The quantitative estimate of drug-likeness (QED) is 0.547. The summed E-state index contributed by atoms with van der Waals surface area (Å²) in [6, 6.07) is 5.68. The zero-order valence-corrected chi connectivity index (χ0v) is 11.4. The maximum atomic E-state index is 11.8. The molecular formula is C15H21NO2. The second-order valence-corrected chi connectivity index (χ2v) is 4.15. The fourth-order valence-electron chi connectivity index (χ4n) is 2.04. The van der Waals surface area contributed by atoms with Crippen LogP contribution in [0, 0.1) is 0 Å². The van der Waals surface area contributed by atoms with E-state index in [1.165, 1.54) is 0 Å². The molecule has 0 amide bonds. The third-order valence-corrected chi connectivity index (χ3v) is 2.76. The van der Waals surface area contributed by atoms with Crippen LogP contribution >= 0.6 is 0 Å². The predicted octanol–water partition coefficient (Wildman–Crippen LogP) is 3.30. The van der Waals surface area contributed by atoms with Gasteiger partial charge in [0.25, 0.3) is 0 Å². The van der Waals surface area contributed by atoms with Crippen LogP contribution in [0.5, 0.6) is 5.75 Å². The van der Waals surface area contributed by atoms with Crippen LogP contribution in [-0.4, -0.2) is 26.0 Å². The van der Waals surface area contributed by atoms with E-state index >= 15 is 0 Å². The normalized spacial score (nSPS) is 9.94. The Balaban J connectivity index is 3.27. The minimum atomic E-state index is 0.0209. The molecule has 0 atom stereocenters. The monoisotopic (exact) mass is 247 g/mol. The van der Waals surface area contributed by atoms with Crippen molar-refractivity contribution in [1.29, 1.82) is 0 Å². The highest BCUT2D eigenvalue weighted by atomic mass is 16.5. The number of carbonyl (C=O) groups is 1. The summed E-state index contributed by atoms with van der Waals surface area (Å²) in [6.07, 6.45) is 2.86. The summed E-state index contributed by atoms with van der Waals surface area (Å²) in [5, 5.41) is 0. The van der Waals surface area contributed by atoms with Crippen molar-refractivity contribution < 1.29 is 9.53 Å². The van der Waals surface area contributed by atoms with Gasteiger partial charge in [-0.3, -0.25) is 4.79 Å². The lowest BCUT2D eigenvalue weighted by molar-refractivity contribution is 0.101. The number of carbonyl (C=O) groups excluding carboxylic acids is 1. The Kier molecular flexibility index (Phi) is 5.43. The van der Waals surface area contributed by atoms with Gasteiger partial charge < -0.3 is 9.64 Å². The number of benzene rings is 1. The maximum Gasteiger partial charge on any atom is 0.165 e. The van der Waals surface area contributed by atoms with Gasteiger partial charge in [-0.2, -0.15) is 0 Å². The number of methoxy groups -OCH3 is 1. The van der Waals surface area contributed by atoms with Gasteiger partial charge >= 0.3 is 0 Å². The van der Waals surface area contributed by atoms with Crippen LogP contribution in [0.1, 0.15) is 30.6 Å². The molecule has 3 nitrogen and oxygen atoms in total. The molecule has 0 aromatic heterocycles. The van der Waals surface area contributed by atoms with Crippen LogP contribution < -0.4 is 9.64 Å². The third kappa shape index (κ3) is 3.13. The van der Waals surface area contributed by atoms with Crippen molar-refractivity contribution in [2.45, 2.75) is 20.3 Å². The summed E-state index contributed by atoms with van der Waals surface area (Å²) in [5.74, 6) is 0.651.